The summed E-state index contributed by atoms with van der Waals surface area (Å²) in [7, 11) is 0. The second-order valence-electron chi connectivity index (χ2n) is 48.7. The topological polar surface area (TPSA) is 91.7 Å². The molecule has 0 N–H and O–H groups in total. The maximum absolute atomic E-state index is 10.8. The van der Waals surface area contributed by atoms with Gasteiger partial charge in [0.25, 0.3) is 6.71 Å². The molecular weight excluding hydrogens is 1570 g/mol. The van der Waals surface area contributed by atoms with Crippen LogP contribution < -0.4 is 26.2 Å². The van der Waals surface area contributed by atoms with Crippen LogP contribution in [-0.4, -0.2) is 35.8 Å². The Kier molecular flexibility index (Phi) is 20.9. The fourth-order valence-corrected chi connectivity index (χ4v) is 19.1. The molecule has 0 atom stereocenters. The first-order valence-corrected chi connectivity index (χ1v) is 46.8. The number of hydrogen-bond acceptors (Lipinski definition) is 7. The van der Waals surface area contributed by atoms with Gasteiger partial charge in [-0.15, -0.1) is 0 Å². The lowest BCUT2D eigenvalue weighted by atomic mass is 9.33. The van der Waals surface area contributed by atoms with Gasteiger partial charge in [-0.2, -0.15) is 5.26 Å². The van der Waals surface area contributed by atoms with E-state index in [1.807, 2.05) is 6.07 Å². The number of para-hydroxylation sites is 2. The van der Waals surface area contributed by atoms with Crippen LogP contribution in [0.25, 0.3) is 99.5 Å². The zero-order valence-electron chi connectivity index (χ0n) is 83.3. The Bertz CT molecular complexity index is 6750. The van der Waals surface area contributed by atoms with Gasteiger partial charge in [0, 0.05) is 167 Å². The molecule has 17 rings (SSSR count). The fourth-order valence-electron chi connectivity index (χ4n) is 19.1. The first-order chi connectivity index (χ1) is 59.8. The van der Waals surface area contributed by atoms with Gasteiger partial charge in [0.15, 0.2) is 0 Å². The van der Waals surface area contributed by atoms with Crippen LogP contribution in [0, 0.1) is 11.3 Å². The normalized spacial score (nSPS) is 13.9. The zero-order valence-corrected chi connectivity index (χ0v) is 83.3. The van der Waals surface area contributed by atoms with Crippen molar-refractivity contribution in [2.75, 3.05) is 9.80 Å². The summed E-state index contributed by atoms with van der Waals surface area (Å²) >= 11 is 0. The molecule has 0 amide bonds. The molecule has 0 radical (unpaired) electrons. The van der Waals surface area contributed by atoms with Crippen molar-refractivity contribution in [2.24, 2.45) is 0 Å². The fraction of sp³-hybridized carbons (Fsp3) is 0.370. The van der Waals surface area contributed by atoms with Gasteiger partial charge < -0.3 is 18.9 Å². The van der Waals surface area contributed by atoms with E-state index in [1.165, 1.54) is 38.4 Å². The minimum Gasteiger partial charge on any atom is -0.310 e. The van der Waals surface area contributed by atoms with E-state index in [0.717, 1.165) is 174 Å². The first kappa shape index (κ1) is 89.3. The highest BCUT2D eigenvalue weighted by molar-refractivity contribution is 7.00. The number of pyridine rings is 4. The van der Waals surface area contributed by atoms with Gasteiger partial charge in [0.2, 0.25) is 0 Å². The molecule has 2 aliphatic heterocycles. The lowest BCUT2D eigenvalue weighted by Crippen LogP contribution is -2.61. The van der Waals surface area contributed by atoms with Crippen LogP contribution in [0.5, 0.6) is 0 Å². The number of benzene rings is 9. The van der Waals surface area contributed by atoms with E-state index < -0.39 is 0 Å². The molecule has 9 aromatic carbocycles. The molecule has 2 aliphatic rings. The summed E-state index contributed by atoms with van der Waals surface area (Å²) in [5.41, 5.74) is 34.8. The van der Waals surface area contributed by atoms with Crippen LogP contribution in [0.1, 0.15) is 296 Å². The molecule has 0 bridgehead atoms. The first-order valence-electron chi connectivity index (χ1n) is 46.8. The highest BCUT2D eigenvalue weighted by Gasteiger charge is 2.47. The minimum absolute atomic E-state index is 0.104. The molecule has 0 aliphatic carbocycles. The van der Waals surface area contributed by atoms with Gasteiger partial charge in [-0.1, -0.05) is 301 Å². The van der Waals surface area contributed by atoms with Crippen molar-refractivity contribution < 1.29 is 0 Å². The highest BCUT2D eigenvalue weighted by Crippen LogP contribution is 2.56. The van der Waals surface area contributed by atoms with Crippen LogP contribution in [-0.2, 0) is 59.6 Å². The van der Waals surface area contributed by atoms with Crippen molar-refractivity contribution in [3.05, 3.63) is 280 Å². The molecular formula is C119H134BN9. The molecule has 9 nitrogen and oxygen atoms in total. The van der Waals surface area contributed by atoms with Crippen molar-refractivity contribution in [3.8, 4) is 62.0 Å². The van der Waals surface area contributed by atoms with Gasteiger partial charge in [0.1, 0.15) is 0 Å². The molecule has 0 unspecified atom stereocenters. The van der Waals surface area contributed by atoms with Gasteiger partial charge >= 0.3 is 0 Å². The van der Waals surface area contributed by atoms with Crippen LogP contribution in [0.3, 0.4) is 0 Å². The Hall–Kier alpha value is -11.7. The Balaban J connectivity index is 1.09. The molecule has 6 aromatic heterocycles. The number of nitriles is 1. The van der Waals surface area contributed by atoms with Crippen LogP contribution in [0.2, 0.25) is 0 Å². The molecule has 129 heavy (non-hydrogen) atoms. The number of hydrogen-bond donors (Lipinski definition) is 0. The van der Waals surface area contributed by atoms with Crippen molar-refractivity contribution >= 4 is 101 Å². The molecule has 8 heterocycles. The van der Waals surface area contributed by atoms with E-state index in [9.17, 15) is 5.26 Å². The third-order valence-electron chi connectivity index (χ3n) is 26.9. The van der Waals surface area contributed by atoms with E-state index >= 15 is 0 Å². The van der Waals surface area contributed by atoms with E-state index in [4.69, 9.17) is 19.9 Å². The van der Waals surface area contributed by atoms with Crippen molar-refractivity contribution in [1.29, 1.82) is 5.26 Å². The van der Waals surface area contributed by atoms with E-state index in [1.54, 1.807) is 0 Å². The minimum atomic E-state index is -0.362. The Morgan fingerprint density at radius 2 is 0.496 bits per heavy atom. The smallest absolute Gasteiger partial charge is 0.252 e. The summed E-state index contributed by atoms with van der Waals surface area (Å²) in [5, 5.41) is 15.4. The van der Waals surface area contributed by atoms with Crippen molar-refractivity contribution in [2.45, 2.75) is 288 Å². The van der Waals surface area contributed by atoms with Crippen molar-refractivity contribution in [3.63, 3.8) is 0 Å². The third-order valence-corrected chi connectivity index (χ3v) is 26.9. The molecule has 15 aromatic rings. The molecule has 0 fully saturated rings. The van der Waals surface area contributed by atoms with E-state index in [2.05, 4.69) is 460 Å². The Labute approximate surface area is 770 Å². The molecule has 10 heteroatoms. The number of anilines is 6. The van der Waals surface area contributed by atoms with Crippen molar-refractivity contribution in [1.82, 2.24) is 29.1 Å². The predicted octanol–water partition coefficient (Wildman–Crippen LogP) is 30.4. The van der Waals surface area contributed by atoms with Gasteiger partial charge in [-0.25, -0.2) is 0 Å². The van der Waals surface area contributed by atoms with Crippen LogP contribution in [0.4, 0.5) is 34.1 Å². The zero-order chi connectivity index (χ0) is 93.2. The summed E-state index contributed by atoms with van der Waals surface area (Å²) < 4.78 is 5.02. The van der Waals surface area contributed by atoms with Gasteiger partial charge in [-0.3, -0.25) is 19.9 Å². The molecule has 0 saturated carbocycles. The third kappa shape index (κ3) is 16.0. The molecule has 0 spiro atoms. The Morgan fingerprint density at radius 1 is 0.248 bits per heavy atom. The number of rotatable bonds is 8. The quantitative estimate of drug-likeness (QED) is 0.140. The van der Waals surface area contributed by atoms with E-state index in [0.29, 0.717) is 5.56 Å². The highest BCUT2D eigenvalue weighted by atomic mass is 15.2. The van der Waals surface area contributed by atoms with Gasteiger partial charge in [0.05, 0.1) is 45.1 Å². The second-order valence-corrected chi connectivity index (χ2v) is 48.7. The monoisotopic (exact) mass is 1700 g/mol. The predicted molar refractivity (Wildman–Crippen MR) is 552 cm³/mol. The number of fused-ring (bicyclic) bond motifs is 10. The summed E-state index contributed by atoms with van der Waals surface area (Å²) in [4.78, 5) is 28.0. The standard InChI is InChI=1S/C119H134BN9/c1-109(2,3)75-44-52-91-85(64-75)84-55-70(69-121)43-51-90(84)126(91)78-47-49-88-96(67-78)128(107-80(71-56-98(112(10,11)12)122-99(57-71)113(13,14)15)37-34-38-81(107)72-58-100(114(16,17)18)123-101(59-72)115(19,20)21)94-41-36-42-95-106(94)120(88)89-50-48-79(127-92-53-45-76(110(4,5)6)65-86(92)87-66-77(111(7,8)9)46-54-93(87)127)68-97(89)129(95)108-82(73-60-102(116(22,23)24)124-103(61-73)117(25,26)27)39-35-40-83(108)74-62-104(118(28,29)30)125-105(63-74)119(31,32)33/h34-68H,1-33H3. The average Bonchev–Trinajstić information content (AvgIpc) is 0.923. The summed E-state index contributed by atoms with van der Waals surface area (Å²) in [6.07, 6.45) is 0. The second kappa shape index (κ2) is 30.2. The summed E-state index contributed by atoms with van der Waals surface area (Å²) in [6, 6.07) is 85.7. The largest absolute Gasteiger partial charge is 0.310 e. The molecule has 0 saturated heterocycles. The summed E-state index contributed by atoms with van der Waals surface area (Å²) in [5.74, 6) is 0. The lowest BCUT2D eigenvalue weighted by Gasteiger charge is -2.45. The maximum Gasteiger partial charge on any atom is 0.252 e. The lowest BCUT2D eigenvalue weighted by molar-refractivity contribution is 0.531. The van der Waals surface area contributed by atoms with Crippen LogP contribution >= 0.6 is 0 Å². The van der Waals surface area contributed by atoms with Gasteiger partial charge in [-0.05, 0) is 211 Å². The Morgan fingerprint density at radius 3 is 0.744 bits per heavy atom. The number of nitrogens with zero attached hydrogens (tertiary/aromatic N) is 9. The maximum atomic E-state index is 10.8. The van der Waals surface area contributed by atoms with Crippen LogP contribution in [0.15, 0.2) is 212 Å². The molecule has 658 valence electrons. The SMILES string of the molecule is CC(C)(C)c1ccc2c(c1)c1cc(C#N)ccc1n2-c1ccc2c(c1)N(c1c(-c3cc(C(C)(C)C)nc(C(C)(C)C)c3)cccc1-c1cc(C(C)(C)C)nc(C(C)(C)C)c1)c1cccc3c1B2c1ccc(-n2c4ccc(C(C)(C)C)cc4c4cc(C(C)(C)C)ccc42)cc1N3c1c(-c2cc(C(C)(C)C)nc(C(C)(C)C)c2)cccc1-c1cc(C(C)(C)C)nc(C(C)(C)C)c1. The average molecular weight is 1700 g/mol. The van der Waals surface area contributed by atoms with E-state index in [-0.39, 0.29) is 66.3 Å². The number of aromatic nitrogens is 6. The summed E-state index contributed by atoms with van der Waals surface area (Å²) in [6.45, 7) is 75.8.